The third-order valence-electron chi connectivity index (χ3n) is 2.65. The van der Waals surface area contributed by atoms with Crippen molar-refractivity contribution >= 4 is 13.7 Å². The van der Waals surface area contributed by atoms with Gasteiger partial charge < -0.3 is 20.5 Å². The summed E-state index contributed by atoms with van der Waals surface area (Å²) in [6, 6.07) is 0. The van der Waals surface area contributed by atoms with Crippen LogP contribution in [0.5, 0.6) is 0 Å². The van der Waals surface area contributed by atoms with Crippen molar-refractivity contribution in [3.63, 3.8) is 0 Å². The van der Waals surface area contributed by atoms with Crippen LogP contribution in [-0.2, 0) is 4.65 Å². The van der Waals surface area contributed by atoms with Gasteiger partial charge in [0.05, 0.1) is 11.2 Å². The molecule has 98 valence electrons. The second kappa shape index (κ2) is 6.11. The predicted octanol–water partition coefficient (Wildman–Crippen LogP) is 1.21. The van der Waals surface area contributed by atoms with Crippen molar-refractivity contribution in [1.29, 1.82) is 5.41 Å². The quantitative estimate of drug-likeness (QED) is 0.360. The molecule has 0 atom stereocenters. The van der Waals surface area contributed by atoms with E-state index in [0.717, 1.165) is 12.4 Å². The number of hydrogen-bond donors (Lipinski definition) is 3. The summed E-state index contributed by atoms with van der Waals surface area (Å²) >= 11 is 0. The Hall–Kier alpha value is -0.945. The van der Waals surface area contributed by atoms with Gasteiger partial charge in [-0.3, -0.25) is 0 Å². The van der Waals surface area contributed by atoms with Crippen LogP contribution in [-0.4, -0.2) is 36.6 Å². The third kappa shape index (κ3) is 5.79. The summed E-state index contributed by atoms with van der Waals surface area (Å²) in [5.41, 5.74) is -1.65. The molecule has 0 saturated heterocycles. The molecule has 0 amide bonds. The molecule has 3 N–H and O–H groups in total. The number of nitrogens with one attached hydrogen (secondary N) is 2. The highest BCUT2D eigenvalue weighted by Crippen LogP contribution is 2.24. The van der Waals surface area contributed by atoms with Crippen LogP contribution in [0.25, 0.3) is 0 Å². The van der Waals surface area contributed by atoms with Gasteiger partial charge in [-0.2, -0.15) is 8.78 Å². The topological polar surface area (TPSA) is 65.3 Å². The van der Waals surface area contributed by atoms with E-state index >= 15 is 0 Å². The minimum absolute atomic E-state index is 0.0276. The van der Waals surface area contributed by atoms with Crippen LogP contribution in [0.15, 0.2) is 11.7 Å². The molecule has 0 aromatic carbocycles. The summed E-state index contributed by atoms with van der Waals surface area (Å²) in [6.07, 6.45) is 1.95. The molecule has 0 aliphatic heterocycles. The minimum atomic E-state index is -2.67. The molecule has 4 nitrogen and oxygen atoms in total. The van der Waals surface area contributed by atoms with Crippen LogP contribution in [0.1, 0.15) is 27.7 Å². The molecule has 0 aliphatic carbocycles. The largest absolute Gasteiger partial charge is 0.427 e. The van der Waals surface area contributed by atoms with Crippen molar-refractivity contribution in [2.75, 3.05) is 0 Å². The molecule has 0 aromatic heterocycles. The van der Waals surface area contributed by atoms with Crippen molar-refractivity contribution in [3.8, 4) is 0 Å². The summed E-state index contributed by atoms with van der Waals surface area (Å²) in [4.78, 5) is 0. The smallest absolute Gasteiger partial charge is 0.312 e. The van der Waals surface area contributed by atoms with Gasteiger partial charge in [0.15, 0.2) is 0 Å². The van der Waals surface area contributed by atoms with Crippen molar-refractivity contribution < 1.29 is 18.5 Å². The summed E-state index contributed by atoms with van der Waals surface area (Å²) in [7, 11) is -0.0276. The standard InChI is InChI=1S/C10H19BF2N2O2/c1-9(2,16)10(3,4)17-11-7(5-14)6-15-8(12)13/h5-6,8,11,14-16H,1-4H3/b7-6+,14-5?. The highest BCUT2D eigenvalue weighted by molar-refractivity contribution is 6.45. The molecule has 0 aliphatic rings. The van der Waals surface area contributed by atoms with Crippen LogP contribution < -0.4 is 5.32 Å². The Morgan fingerprint density at radius 1 is 1.41 bits per heavy atom. The zero-order valence-electron chi connectivity index (χ0n) is 10.6. The number of allylic oxidation sites excluding steroid dienone is 1. The van der Waals surface area contributed by atoms with Gasteiger partial charge >= 0.3 is 14.0 Å². The fourth-order valence-corrected chi connectivity index (χ4v) is 0.735. The van der Waals surface area contributed by atoms with E-state index in [1.165, 1.54) is 0 Å². The van der Waals surface area contributed by atoms with Gasteiger partial charge in [-0.05, 0) is 39.4 Å². The van der Waals surface area contributed by atoms with Crippen LogP contribution in [0.2, 0.25) is 0 Å². The molecule has 0 saturated carbocycles. The normalized spacial score (nSPS) is 13.8. The van der Waals surface area contributed by atoms with Crippen molar-refractivity contribution in [1.82, 2.24) is 5.32 Å². The first kappa shape index (κ1) is 16.1. The maximum absolute atomic E-state index is 11.9. The number of halogens is 2. The molecule has 0 unspecified atom stereocenters. The van der Waals surface area contributed by atoms with Gasteiger partial charge in [0.1, 0.15) is 0 Å². The molecule has 17 heavy (non-hydrogen) atoms. The highest BCUT2D eigenvalue weighted by atomic mass is 19.3. The Bertz CT molecular complexity index is 289. The lowest BCUT2D eigenvalue weighted by atomic mass is 9.83. The minimum Gasteiger partial charge on any atom is -0.427 e. The first-order valence-electron chi connectivity index (χ1n) is 5.20. The van der Waals surface area contributed by atoms with Crippen LogP contribution in [0.3, 0.4) is 0 Å². The summed E-state index contributed by atoms with van der Waals surface area (Å²) < 4.78 is 29.2. The van der Waals surface area contributed by atoms with E-state index in [1.54, 1.807) is 33.0 Å². The van der Waals surface area contributed by atoms with E-state index in [-0.39, 0.29) is 13.0 Å². The molecule has 0 heterocycles. The fraction of sp³-hybridized carbons (Fsp3) is 0.700. The predicted molar refractivity (Wildman–Crippen MR) is 64.6 cm³/mol. The van der Waals surface area contributed by atoms with Gasteiger partial charge in [-0.15, -0.1) is 0 Å². The molecule has 0 fully saturated rings. The number of aliphatic hydroxyl groups is 1. The molecule has 0 radical (unpaired) electrons. The second-order valence-electron chi connectivity index (χ2n) is 4.69. The van der Waals surface area contributed by atoms with Crippen LogP contribution in [0.4, 0.5) is 8.78 Å². The summed E-state index contributed by atoms with van der Waals surface area (Å²) in [5.74, 6) is 0. The van der Waals surface area contributed by atoms with Gasteiger partial charge in [0.25, 0.3) is 0 Å². The first-order chi connectivity index (χ1) is 7.60. The van der Waals surface area contributed by atoms with E-state index in [4.69, 9.17) is 10.1 Å². The van der Waals surface area contributed by atoms with Crippen molar-refractivity contribution in [3.05, 3.63) is 11.7 Å². The monoisotopic (exact) mass is 248 g/mol. The maximum Gasteiger partial charge on any atom is 0.312 e. The van der Waals surface area contributed by atoms with Crippen molar-refractivity contribution in [2.24, 2.45) is 0 Å². The maximum atomic E-state index is 11.9. The highest BCUT2D eigenvalue weighted by Gasteiger charge is 2.35. The average Bonchev–Trinajstić information content (AvgIpc) is 2.15. The molecule has 0 aromatic rings. The molecule has 0 rings (SSSR count). The van der Waals surface area contributed by atoms with Crippen molar-refractivity contribution in [2.45, 2.75) is 45.4 Å². The van der Waals surface area contributed by atoms with E-state index in [2.05, 4.69) is 0 Å². The number of hydrogen-bond acceptors (Lipinski definition) is 4. The zero-order chi connectivity index (χ0) is 13.7. The zero-order valence-corrected chi connectivity index (χ0v) is 10.6. The van der Waals surface area contributed by atoms with Crippen LogP contribution in [0, 0.1) is 5.41 Å². The lowest BCUT2D eigenvalue weighted by Gasteiger charge is -2.37. The Balaban J connectivity index is 4.43. The molecule has 7 heteroatoms. The van der Waals surface area contributed by atoms with Crippen LogP contribution >= 0.6 is 0 Å². The first-order valence-corrected chi connectivity index (χ1v) is 5.20. The van der Waals surface area contributed by atoms with E-state index in [9.17, 15) is 13.9 Å². The number of rotatable bonds is 7. The third-order valence-corrected chi connectivity index (χ3v) is 2.65. The molecule has 0 spiro atoms. The summed E-state index contributed by atoms with van der Waals surface area (Å²) in [6.45, 7) is 3.90. The lowest BCUT2D eigenvalue weighted by molar-refractivity contribution is -0.0895. The Kier molecular flexibility index (Phi) is 5.77. The Morgan fingerprint density at radius 3 is 2.29 bits per heavy atom. The van der Waals surface area contributed by atoms with E-state index < -0.39 is 17.8 Å². The SMILES string of the molecule is CC(C)(O)C(C)(C)OB/C(C=N)=C/NC(F)F. The van der Waals surface area contributed by atoms with Gasteiger partial charge in [-0.1, -0.05) is 0 Å². The van der Waals surface area contributed by atoms with Gasteiger partial charge in [0.2, 0.25) is 0 Å². The number of alkyl halides is 2. The van der Waals surface area contributed by atoms with Gasteiger partial charge in [0, 0.05) is 6.21 Å². The van der Waals surface area contributed by atoms with Gasteiger partial charge in [-0.25, -0.2) is 0 Å². The van der Waals surface area contributed by atoms with E-state index in [1.807, 2.05) is 0 Å². The Morgan fingerprint density at radius 2 is 1.94 bits per heavy atom. The lowest BCUT2D eigenvalue weighted by Crippen LogP contribution is -2.48. The van der Waals surface area contributed by atoms with E-state index in [0.29, 0.717) is 0 Å². The molecular weight excluding hydrogens is 229 g/mol. The average molecular weight is 248 g/mol. The summed E-state index contributed by atoms with van der Waals surface area (Å²) in [5, 5.41) is 18.6. The Labute approximate surface area is 101 Å². The molecule has 0 bridgehead atoms. The molecular formula is C10H19BF2N2O2. The fourth-order valence-electron chi connectivity index (χ4n) is 0.735. The second-order valence-corrected chi connectivity index (χ2v) is 4.69.